The van der Waals surface area contributed by atoms with E-state index in [2.05, 4.69) is 26.8 Å². The van der Waals surface area contributed by atoms with Crippen molar-refractivity contribution in [2.45, 2.75) is 38.5 Å². The van der Waals surface area contributed by atoms with Gasteiger partial charge >= 0.3 is 0 Å². The van der Waals surface area contributed by atoms with Crippen molar-refractivity contribution in [3.05, 3.63) is 29.6 Å². The van der Waals surface area contributed by atoms with Crippen molar-refractivity contribution in [3.8, 4) is 11.5 Å². The van der Waals surface area contributed by atoms with E-state index in [0.717, 1.165) is 55.0 Å². The molecule has 4 rings (SSSR count). The first-order valence-electron chi connectivity index (χ1n) is 8.74. The molecule has 2 N–H and O–H groups in total. The molecule has 2 aliphatic rings. The number of carbonyl (C=O) groups excluding carboxylic acids is 1. The average molecular weight is 326 g/mol. The van der Waals surface area contributed by atoms with Gasteiger partial charge in [0.25, 0.3) is 5.89 Å². The van der Waals surface area contributed by atoms with Gasteiger partial charge in [-0.2, -0.15) is 4.98 Å². The van der Waals surface area contributed by atoms with Crippen molar-refractivity contribution in [1.82, 2.24) is 15.5 Å². The van der Waals surface area contributed by atoms with E-state index in [1.54, 1.807) is 0 Å². The van der Waals surface area contributed by atoms with Gasteiger partial charge in [0, 0.05) is 24.1 Å². The Morgan fingerprint density at radius 2 is 2.08 bits per heavy atom. The Morgan fingerprint density at radius 3 is 2.96 bits per heavy atom. The highest BCUT2D eigenvalue weighted by atomic mass is 16.5. The van der Waals surface area contributed by atoms with Crippen LogP contribution in [0.25, 0.3) is 11.5 Å². The second-order valence-electron chi connectivity index (χ2n) is 6.69. The van der Waals surface area contributed by atoms with Crippen molar-refractivity contribution >= 4 is 11.6 Å². The molecule has 1 amide bonds. The Kier molecular flexibility index (Phi) is 4.30. The standard InChI is InChI=1S/C18H22N4O2/c23-17-3-1-2-13-11-14(4-5-15(13)20-17)18-21-16(22-24-18)10-12-6-8-19-9-7-12/h4-5,11-12,19H,1-3,6-10H2,(H,20,23). The molecule has 24 heavy (non-hydrogen) atoms. The number of fused-ring (bicyclic) bond motifs is 1. The number of aromatic nitrogens is 2. The molecule has 1 aromatic heterocycles. The fourth-order valence-electron chi connectivity index (χ4n) is 3.51. The molecular weight excluding hydrogens is 304 g/mol. The highest BCUT2D eigenvalue weighted by Gasteiger charge is 2.19. The highest BCUT2D eigenvalue weighted by Crippen LogP contribution is 2.28. The molecule has 3 heterocycles. The van der Waals surface area contributed by atoms with Gasteiger partial charge in [0.1, 0.15) is 0 Å². The number of amides is 1. The molecule has 126 valence electrons. The Balaban J connectivity index is 1.52. The number of hydrogen-bond acceptors (Lipinski definition) is 5. The molecule has 0 atom stereocenters. The van der Waals surface area contributed by atoms with Gasteiger partial charge in [0.15, 0.2) is 5.82 Å². The largest absolute Gasteiger partial charge is 0.334 e. The van der Waals surface area contributed by atoms with Gasteiger partial charge < -0.3 is 15.2 Å². The Bertz CT molecular complexity index is 734. The fourth-order valence-corrected chi connectivity index (χ4v) is 3.51. The number of carbonyl (C=O) groups is 1. The molecule has 0 radical (unpaired) electrons. The van der Waals surface area contributed by atoms with Crippen molar-refractivity contribution in [1.29, 1.82) is 0 Å². The molecular formula is C18H22N4O2. The van der Waals surface area contributed by atoms with Gasteiger partial charge in [-0.15, -0.1) is 0 Å². The average Bonchev–Trinajstić information content (AvgIpc) is 2.97. The van der Waals surface area contributed by atoms with Crippen molar-refractivity contribution in [3.63, 3.8) is 0 Å². The lowest BCUT2D eigenvalue weighted by Gasteiger charge is -2.20. The number of rotatable bonds is 3. The maximum atomic E-state index is 11.6. The Morgan fingerprint density at radius 1 is 1.21 bits per heavy atom. The quantitative estimate of drug-likeness (QED) is 0.906. The lowest BCUT2D eigenvalue weighted by molar-refractivity contribution is -0.116. The molecule has 2 aromatic rings. The van der Waals surface area contributed by atoms with Crippen LogP contribution in [0, 0.1) is 5.92 Å². The second-order valence-corrected chi connectivity index (χ2v) is 6.69. The molecule has 0 aliphatic carbocycles. The molecule has 0 spiro atoms. The van der Waals surface area contributed by atoms with Crippen LogP contribution in [0.3, 0.4) is 0 Å². The smallest absolute Gasteiger partial charge is 0.257 e. The van der Waals surface area contributed by atoms with Crippen LogP contribution in [0.5, 0.6) is 0 Å². The first-order valence-corrected chi connectivity index (χ1v) is 8.74. The number of benzene rings is 1. The summed E-state index contributed by atoms with van der Waals surface area (Å²) in [4.78, 5) is 16.2. The van der Waals surface area contributed by atoms with Gasteiger partial charge in [-0.1, -0.05) is 5.16 Å². The minimum absolute atomic E-state index is 0.0866. The van der Waals surface area contributed by atoms with E-state index in [-0.39, 0.29) is 5.91 Å². The van der Waals surface area contributed by atoms with Gasteiger partial charge in [0.05, 0.1) is 0 Å². The summed E-state index contributed by atoms with van der Waals surface area (Å²) in [5, 5.41) is 10.5. The van der Waals surface area contributed by atoms with Crippen LogP contribution in [0.15, 0.2) is 22.7 Å². The molecule has 1 fully saturated rings. The number of aryl methyl sites for hydroxylation is 1. The van der Waals surface area contributed by atoms with E-state index in [4.69, 9.17) is 4.52 Å². The van der Waals surface area contributed by atoms with Crippen molar-refractivity contribution < 1.29 is 9.32 Å². The summed E-state index contributed by atoms with van der Waals surface area (Å²) in [7, 11) is 0. The first kappa shape index (κ1) is 15.3. The van der Waals surface area contributed by atoms with E-state index >= 15 is 0 Å². The van der Waals surface area contributed by atoms with Crippen LogP contribution < -0.4 is 10.6 Å². The third kappa shape index (κ3) is 3.33. The summed E-state index contributed by atoms with van der Waals surface area (Å²) in [5.74, 6) is 2.08. The summed E-state index contributed by atoms with van der Waals surface area (Å²) in [5.41, 5.74) is 2.96. The van der Waals surface area contributed by atoms with Gasteiger partial charge in [-0.05, 0) is 68.5 Å². The Labute approximate surface area is 141 Å². The monoisotopic (exact) mass is 326 g/mol. The number of piperidine rings is 1. The van der Waals surface area contributed by atoms with E-state index in [1.807, 2.05) is 12.1 Å². The number of anilines is 1. The van der Waals surface area contributed by atoms with Crippen LogP contribution in [-0.4, -0.2) is 29.1 Å². The number of nitrogens with zero attached hydrogens (tertiary/aromatic N) is 2. The fraction of sp³-hybridized carbons (Fsp3) is 0.500. The lowest BCUT2D eigenvalue weighted by atomic mass is 9.94. The van der Waals surface area contributed by atoms with E-state index < -0.39 is 0 Å². The van der Waals surface area contributed by atoms with Crippen LogP contribution in [-0.2, 0) is 17.6 Å². The molecule has 1 saturated heterocycles. The second kappa shape index (κ2) is 6.73. The maximum Gasteiger partial charge on any atom is 0.257 e. The van der Waals surface area contributed by atoms with Crippen LogP contribution >= 0.6 is 0 Å². The summed E-state index contributed by atoms with van der Waals surface area (Å²) < 4.78 is 5.47. The predicted molar refractivity (Wildman–Crippen MR) is 90.6 cm³/mol. The minimum Gasteiger partial charge on any atom is -0.334 e. The normalized spacial score (nSPS) is 18.8. The summed E-state index contributed by atoms with van der Waals surface area (Å²) in [6, 6.07) is 5.93. The molecule has 6 nitrogen and oxygen atoms in total. The molecule has 6 heteroatoms. The number of hydrogen-bond donors (Lipinski definition) is 2. The van der Waals surface area contributed by atoms with Gasteiger partial charge in [-0.3, -0.25) is 4.79 Å². The zero-order valence-corrected chi connectivity index (χ0v) is 13.7. The maximum absolute atomic E-state index is 11.6. The topological polar surface area (TPSA) is 80.1 Å². The highest BCUT2D eigenvalue weighted by molar-refractivity contribution is 5.92. The van der Waals surface area contributed by atoms with E-state index in [0.29, 0.717) is 18.2 Å². The van der Waals surface area contributed by atoms with Gasteiger partial charge in [-0.25, -0.2) is 0 Å². The van der Waals surface area contributed by atoms with Crippen LogP contribution in [0.1, 0.15) is 37.1 Å². The van der Waals surface area contributed by atoms with E-state index in [1.165, 1.54) is 12.8 Å². The third-order valence-electron chi connectivity index (χ3n) is 4.87. The van der Waals surface area contributed by atoms with Gasteiger partial charge in [0.2, 0.25) is 5.91 Å². The van der Waals surface area contributed by atoms with E-state index in [9.17, 15) is 4.79 Å². The molecule has 0 unspecified atom stereocenters. The van der Waals surface area contributed by atoms with Crippen LogP contribution in [0.2, 0.25) is 0 Å². The zero-order chi connectivity index (χ0) is 16.4. The van der Waals surface area contributed by atoms with Crippen molar-refractivity contribution in [2.75, 3.05) is 18.4 Å². The predicted octanol–water partition coefficient (Wildman–Crippen LogP) is 2.55. The summed E-state index contributed by atoms with van der Waals surface area (Å²) >= 11 is 0. The Hall–Kier alpha value is -2.21. The number of nitrogens with one attached hydrogen (secondary N) is 2. The summed E-state index contributed by atoms with van der Waals surface area (Å²) in [6.07, 6.45) is 5.55. The summed E-state index contributed by atoms with van der Waals surface area (Å²) in [6.45, 7) is 2.15. The lowest BCUT2D eigenvalue weighted by Crippen LogP contribution is -2.28. The third-order valence-corrected chi connectivity index (χ3v) is 4.87. The molecule has 0 saturated carbocycles. The zero-order valence-electron chi connectivity index (χ0n) is 13.7. The van der Waals surface area contributed by atoms with Crippen LogP contribution in [0.4, 0.5) is 5.69 Å². The van der Waals surface area contributed by atoms with Crippen molar-refractivity contribution in [2.24, 2.45) is 5.92 Å². The SMILES string of the molecule is O=C1CCCc2cc(-c3nc(CC4CCNCC4)no3)ccc2N1. The molecule has 2 aliphatic heterocycles. The molecule has 1 aromatic carbocycles. The minimum atomic E-state index is 0.0866. The first-order chi connectivity index (χ1) is 11.8. The molecule has 0 bridgehead atoms.